The molecule has 0 radical (unpaired) electrons. The van der Waals surface area contributed by atoms with Crippen molar-refractivity contribution in [1.29, 1.82) is 0 Å². The molecule has 17 heavy (non-hydrogen) atoms. The molecule has 2 aromatic rings. The monoisotopic (exact) mass is 232 g/mol. The zero-order chi connectivity index (χ0) is 12.1. The maximum atomic E-state index is 10.7. The molecule has 1 aromatic carbocycles. The second-order valence-electron chi connectivity index (χ2n) is 3.45. The number of carboxylic acid groups (broad SMARTS) is 1. The Hall–Kier alpha value is -2.30. The molecule has 0 bridgehead atoms. The lowest BCUT2D eigenvalue weighted by Crippen LogP contribution is -2.08. The molecule has 0 aliphatic carbocycles. The molecule has 5 nitrogen and oxygen atoms in total. The molecule has 0 atom stereocenters. The minimum absolute atomic E-state index is 0.224. The number of carboxylic acids is 1. The van der Waals surface area contributed by atoms with Gasteiger partial charge >= 0.3 is 5.97 Å². The van der Waals surface area contributed by atoms with Crippen molar-refractivity contribution in [3.05, 3.63) is 48.3 Å². The van der Waals surface area contributed by atoms with Crippen LogP contribution in [0.15, 0.2) is 42.7 Å². The van der Waals surface area contributed by atoms with Crippen LogP contribution in [0.1, 0.15) is 10.4 Å². The number of hydrogen-bond acceptors (Lipinski definition) is 3. The lowest BCUT2D eigenvalue weighted by Gasteiger charge is -2.06. The first-order valence-electron chi connectivity index (χ1n) is 5.19. The van der Waals surface area contributed by atoms with E-state index in [1.165, 1.54) is 12.1 Å². The van der Waals surface area contributed by atoms with E-state index in [1.54, 1.807) is 23.0 Å². The predicted molar refractivity (Wildman–Crippen MR) is 61.1 cm³/mol. The smallest absolute Gasteiger partial charge is 0.335 e. The summed E-state index contributed by atoms with van der Waals surface area (Å²) in [6.07, 6.45) is 3.54. The average molecular weight is 232 g/mol. The van der Waals surface area contributed by atoms with E-state index in [0.717, 1.165) is 0 Å². The predicted octanol–water partition coefficient (Wildman–Crippen LogP) is 1.66. The van der Waals surface area contributed by atoms with Crippen molar-refractivity contribution >= 4 is 5.97 Å². The van der Waals surface area contributed by atoms with Gasteiger partial charge in [0.25, 0.3) is 0 Å². The molecule has 1 N–H and O–H groups in total. The van der Waals surface area contributed by atoms with Crippen LogP contribution in [0.3, 0.4) is 0 Å². The molecule has 0 saturated heterocycles. The zero-order valence-electron chi connectivity index (χ0n) is 9.11. The minimum atomic E-state index is -0.956. The summed E-state index contributed by atoms with van der Waals surface area (Å²) in [5.41, 5.74) is 0.224. The molecule has 88 valence electrons. The van der Waals surface area contributed by atoms with E-state index in [2.05, 4.69) is 5.10 Å². The maximum Gasteiger partial charge on any atom is 0.335 e. The van der Waals surface area contributed by atoms with Gasteiger partial charge in [0.15, 0.2) is 0 Å². The summed E-state index contributed by atoms with van der Waals surface area (Å²) in [4.78, 5) is 10.7. The third-order valence-corrected chi connectivity index (χ3v) is 2.23. The van der Waals surface area contributed by atoms with Crippen molar-refractivity contribution in [3.8, 4) is 5.75 Å². The van der Waals surface area contributed by atoms with E-state index >= 15 is 0 Å². The van der Waals surface area contributed by atoms with Crippen LogP contribution < -0.4 is 4.74 Å². The Morgan fingerprint density at radius 3 is 3.00 bits per heavy atom. The highest BCUT2D eigenvalue weighted by atomic mass is 16.5. The van der Waals surface area contributed by atoms with Gasteiger partial charge in [0, 0.05) is 12.4 Å². The number of carbonyl (C=O) groups is 1. The van der Waals surface area contributed by atoms with Gasteiger partial charge in [-0.25, -0.2) is 4.79 Å². The summed E-state index contributed by atoms with van der Waals surface area (Å²) in [6.45, 7) is 1.08. The summed E-state index contributed by atoms with van der Waals surface area (Å²) >= 11 is 0. The summed E-state index contributed by atoms with van der Waals surface area (Å²) in [5, 5.41) is 12.9. The fourth-order valence-electron chi connectivity index (χ4n) is 1.41. The molecule has 0 aliphatic heterocycles. The first-order chi connectivity index (χ1) is 8.25. The molecular formula is C12H12N2O3. The highest BCUT2D eigenvalue weighted by molar-refractivity contribution is 5.87. The van der Waals surface area contributed by atoms with Crippen molar-refractivity contribution in [3.63, 3.8) is 0 Å². The van der Waals surface area contributed by atoms with Gasteiger partial charge in [-0.1, -0.05) is 6.07 Å². The third-order valence-electron chi connectivity index (χ3n) is 2.23. The van der Waals surface area contributed by atoms with Crippen molar-refractivity contribution < 1.29 is 14.6 Å². The van der Waals surface area contributed by atoms with Crippen molar-refractivity contribution in [2.24, 2.45) is 0 Å². The second kappa shape index (κ2) is 5.16. The maximum absolute atomic E-state index is 10.7. The van der Waals surface area contributed by atoms with E-state index in [-0.39, 0.29) is 5.56 Å². The van der Waals surface area contributed by atoms with Crippen LogP contribution in [0.25, 0.3) is 0 Å². The Bertz CT molecular complexity index is 494. The summed E-state index contributed by atoms with van der Waals surface area (Å²) < 4.78 is 7.20. The van der Waals surface area contributed by atoms with Crippen LogP contribution in [0.2, 0.25) is 0 Å². The van der Waals surface area contributed by atoms with E-state index in [4.69, 9.17) is 9.84 Å². The largest absolute Gasteiger partial charge is 0.492 e. The lowest BCUT2D eigenvalue weighted by molar-refractivity contribution is 0.0696. The summed E-state index contributed by atoms with van der Waals surface area (Å²) in [5.74, 6) is -0.403. The fourth-order valence-corrected chi connectivity index (χ4v) is 1.41. The Kier molecular flexibility index (Phi) is 3.40. The molecular weight excluding hydrogens is 220 g/mol. The molecule has 0 amide bonds. The van der Waals surface area contributed by atoms with E-state index in [9.17, 15) is 4.79 Å². The topological polar surface area (TPSA) is 64.3 Å². The Balaban J connectivity index is 1.90. The molecule has 0 saturated carbocycles. The van der Waals surface area contributed by atoms with Crippen LogP contribution in [0, 0.1) is 0 Å². The number of hydrogen-bond donors (Lipinski definition) is 1. The number of rotatable bonds is 5. The summed E-state index contributed by atoms with van der Waals surface area (Å²) in [7, 11) is 0. The van der Waals surface area contributed by atoms with Crippen LogP contribution in [-0.4, -0.2) is 27.5 Å². The molecule has 1 heterocycles. The van der Waals surface area contributed by atoms with Crippen LogP contribution in [0.5, 0.6) is 5.75 Å². The quantitative estimate of drug-likeness (QED) is 0.851. The first kappa shape index (κ1) is 11.2. The van der Waals surface area contributed by atoms with Crippen LogP contribution in [-0.2, 0) is 6.54 Å². The molecule has 0 unspecified atom stereocenters. The zero-order valence-corrected chi connectivity index (χ0v) is 9.11. The highest BCUT2D eigenvalue weighted by Gasteiger charge is 2.03. The Labute approximate surface area is 98.3 Å². The molecule has 0 fully saturated rings. The Morgan fingerprint density at radius 1 is 1.41 bits per heavy atom. The molecule has 1 aromatic heterocycles. The first-order valence-corrected chi connectivity index (χ1v) is 5.19. The van der Waals surface area contributed by atoms with Crippen molar-refractivity contribution in [1.82, 2.24) is 9.78 Å². The van der Waals surface area contributed by atoms with Crippen molar-refractivity contribution in [2.75, 3.05) is 6.61 Å². The van der Waals surface area contributed by atoms with Gasteiger partial charge in [0.2, 0.25) is 0 Å². The molecule has 5 heteroatoms. The minimum Gasteiger partial charge on any atom is -0.492 e. The lowest BCUT2D eigenvalue weighted by atomic mass is 10.2. The number of benzene rings is 1. The fraction of sp³-hybridized carbons (Fsp3) is 0.167. The van der Waals surface area contributed by atoms with Gasteiger partial charge in [-0.05, 0) is 24.3 Å². The average Bonchev–Trinajstić information content (AvgIpc) is 2.82. The van der Waals surface area contributed by atoms with Gasteiger partial charge in [-0.15, -0.1) is 0 Å². The molecule has 0 spiro atoms. The van der Waals surface area contributed by atoms with E-state index in [1.807, 2.05) is 12.3 Å². The van der Waals surface area contributed by atoms with Gasteiger partial charge in [-0.3, -0.25) is 4.68 Å². The summed E-state index contributed by atoms with van der Waals surface area (Å²) in [6, 6.07) is 8.27. The molecule has 0 aliphatic rings. The molecule has 2 rings (SSSR count). The normalized spacial score (nSPS) is 10.1. The Morgan fingerprint density at radius 2 is 2.29 bits per heavy atom. The van der Waals surface area contributed by atoms with Crippen LogP contribution >= 0.6 is 0 Å². The van der Waals surface area contributed by atoms with E-state index in [0.29, 0.717) is 18.9 Å². The van der Waals surface area contributed by atoms with Gasteiger partial charge in [0.05, 0.1) is 12.1 Å². The second-order valence-corrected chi connectivity index (χ2v) is 3.45. The van der Waals surface area contributed by atoms with Gasteiger partial charge in [0.1, 0.15) is 12.4 Å². The SMILES string of the molecule is O=C(O)c1cccc(OCCn2cccn2)c1. The van der Waals surface area contributed by atoms with E-state index < -0.39 is 5.97 Å². The number of aromatic nitrogens is 2. The number of aromatic carboxylic acids is 1. The standard InChI is InChI=1S/C12H12N2O3/c15-12(16)10-3-1-4-11(9-10)17-8-7-14-6-2-5-13-14/h1-6,9H,7-8H2,(H,15,16). The number of ether oxygens (including phenoxy) is 1. The highest BCUT2D eigenvalue weighted by Crippen LogP contribution is 2.13. The third kappa shape index (κ3) is 3.07. The van der Waals surface area contributed by atoms with Gasteiger partial charge < -0.3 is 9.84 Å². The van der Waals surface area contributed by atoms with Gasteiger partial charge in [-0.2, -0.15) is 5.10 Å². The van der Waals surface area contributed by atoms with Crippen molar-refractivity contribution in [2.45, 2.75) is 6.54 Å². The van der Waals surface area contributed by atoms with Crippen LogP contribution in [0.4, 0.5) is 0 Å². The number of nitrogens with zero attached hydrogens (tertiary/aromatic N) is 2.